The van der Waals surface area contributed by atoms with Crippen molar-refractivity contribution in [3.8, 4) is 0 Å². The number of carbonyl (C=O) groups is 1. The van der Waals surface area contributed by atoms with E-state index in [0.717, 1.165) is 12.0 Å². The Labute approximate surface area is 144 Å². The highest BCUT2D eigenvalue weighted by Crippen LogP contribution is 2.38. The molecule has 4 rings (SSSR count). The van der Waals surface area contributed by atoms with E-state index < -0.39 is 0 Å². The third-order valence-electron chi connectivity index (χ3n) is 4.39. The number of fused-ring (bicyclic) bond motifs is 1. The number of nitrogens with zero attached hydrogens (tertiary/aromatic N) is 2. The van der Waals surface area contributed by atoms with Crippen molar-refractivity contribution >= 4 is 17.2 Å². The fourth-order valence-electron chi connectivity index (χ4n) is 3.25. The van der Waals surface area contributed by atoms with Gasteiger partial charge >= 0.3 is 0 Å². The molecule has 4 nitrogen and oxygen atoms in total. The molecule has 2 aromatic heterocycles. The van der Waals surface area contributed by atoms with E-state index in [-0.39, 0.29) is 11.9 Å². The van der Waals surface area contributed by atoms with Gasteiger partial charge in [-0.2, -0.15) is 4.73 Å². The fourth-order valence-corrected chi connectivity index (χ4v) is 4.15. The van der Waals surface area contributed by atoms with E-state index in [1.807, 2.05) is 23.1 Å². The lowest BCUT2D eigenvalue weighted by Gasteiger charge is -2.36. The lowest BCUT2D eigenvalue weighted by atomic mass is 9.92. The molecule has 1 aliphatic rings. The molecule has 0 saturated heterocycles. The van der Waals surface area contributed by atoms with Crippen molar-refractivity contribution in [2.45, 2.75) is 12.5 Å². The number of pyridine rings is 1. The van der Waals surface area contributed by atoms with Gasteiger partial charge in [-0.3, -0.25) is 4.79 Å². The summed E-state index contributed by atoms with van der Waals surface area (Å²) in [7, 11) is 0. The molecular formula is C19H16N2O2S. The molecule has 0 fully saturated rings. The average molecular weight is 336 g/mol. The van der Waals surface area contributed by atoms with Crippen LogP contribution in [0.2, 0.25) is 0 Å². The van der Waals surface area contributed by atoms with Crippen LogP contribution in [0.5, 0.6) is 0 Å². The molecule has 1 aromatic carbocycles. The van der Waals surface area contributed by atoms with Crippen LogP contribution in [0.25, 0.3) is 0 Å². The van der Waals surface area contributed by atoms with Gasteiger partial charge in [0.15, 0.2) is 12.4 Å². The highest BCUT2D eigenvalue weighted by atomic mass is 32.1. The molecule has 0 saturated carbocycles. The first-order valence-electron chi connectivity index (χ1n) is 7.85. The molecule has 1 amide bonds. The number of aromatic nitrogens is 1. The molecule has 1 atom stereocenters. The number of carbonyl (C=O) groups excluding carboxylic acids is 1. The zero-order chi connectivity index (χ0) is 16.5. The molecular weight excluding hydrogens is 320 g/mol. The Hall–Kier alpha value is -2.66. The maximum atomic E-state index is 13.0. The summed E-state index contributed by atoms with van der Waals surface area (Å²) in [4.78, 5) is 16.3. The fraction of sp³-hybridized carbons (Fsp3) is 0.158. The summed E-state index contributed by atoms with van der Waals surface area (Å²) < 4.78 is 0.693. The minimum absolute atomic E-state index is 0.0405. The largest absolute Gasteiger partial charge is 0.619 e. The Kier molecular flexibility index (Phi) is 3.78. The van der Waals surface area contributed by atoms with E-state index in [2.05, 4.69) is 23.6 Å². The molecule has 24 heavy (non-hydrogen) atoms. The smallest absolute Gasteiger partial charge is 0.255 e. The molecule has 0 radical (unpaired) electrons. The number of hydrogen-bond donors (Lipinski definition) is 0. The topological polar surface area (TPSA) is 47.2 Å². The molecule has 3 heterocycles. The van der Waals surface area contributed by atoms with Crippen molar-refractivity contribution in [2.75, 3.05) is 6.54 Å². The van der Waals surface area contributed by atoms with Gasteiger partial charge in [0, 0.05) is 23.6 Å². The van der Waals surface area contributed by atoms with Crippen LogP contribution in [-0.2, 0) is 6.42 Å². The SMILES string of the molecule is O=C(c1cc[n+]([O-])cc1)N1CCc2sccc2C1c1ccccc1. The quantitative estimate of drug-likeness (QED) is 0.533. The first-order chi connectivity index (χ1) is 11.7. The number of hydrogen-bond acceptors (Lipinski definition) is 3. The Morgan fingerprint density at radius 3 is 2.62 bits per heavy atom. The Morgan fingerprint density at radius 2 is 1.88 bits per heavy atom. The number of amides is 1. The molecule has 1 unspecified atom stereocenters. The third kappa shape index (κ3) is 2.57. The van der Waals surface area contributed by atoms with E-state index >= 15 is 0 Å². The lowest BCUT2D eigenvalue weighted by Crippen LogP contribution is -2.40. The molecule has 0 N–H and O–H groups in total. The predicted octanol–water partition coefficient (Wildman–Crippen LogP) is 3.17. The van der Waals surface area contributed by atoms with Crippen LogP contribution in [0.3, 0.4) is 0 Å². The summed E-state index contributed by atoms with van der Waals surface area (Å²) in [6, 6.07) is 15.3. The average Bonchev–Trinajstić information content (AvgIpc) is 3.10. The summed E-state index contributed by atoms with van der Waals surface area (Å²) >= 11 is 1.75. The second-order valence-corrected chi connectivity index (χ2v) is 6.81. The van der Waals surface area contributed by atoms with E-state index in [9.17, 15) is 10.0 Å². The summed E-state index contributed by atoms with van der Waals surface area (Å²) in [5.74, 6) is -0.0405. The monoisotopic (exact) mass is 336 g/mol. The van der Waals surface area contributed by atoms with Gasteiger partial charge in [0.25, 0.3) is 5.91 Å². The van der Waals surface area contributed by atoms with Gasteiger partial charge in [-0.1, -0.05) is 30.3 Å². The van der Waals surface area contributed by atoms with Crippen LogP contribution in [0.1, 0.15) is 32.4 Å². The predicted molar refractivity (Wildman–Crippen MR) is 92.7 cm³/mol. The van der Waals surface area contributed by atoms with E-state index in [4.69, 9.17) is 0 Å². The standard InChI is InChI=1S/C19H16N2O2S/c22-19(15-6-10-20(23)11-7-15)21-12-8-17-16(9-13-24-17)18(21)14-4-2-1-3-5-14/h1-7,9-11,13,18H,8,12H2. The van der Waals surface area contributed by atoms with Crippen molar-refractivity contribution in [1.29, 1.82) is 0 Å². The minimum atomic E-state index is -0.0757. The van der Waals surface area contributed by atoms with Crippen LogP contribution < -0.4 is 4.73 Å². The van der Waals surface area contributed by atoms with Gasteiger partial charge < -0.3 is 10.1 Å². The van der Waals surface area contributed by atoms with Gasteiger partial charge in [0.2, 0.25) is 0 Å². The molecule has 5 heteroatoms. The van der Waals surface area contributed by atoms with Gasteiger partial charge in [0.1, 0.15) is 0 Å². The highest BCUT2D eigenvalue weighted by Gasteiger charge is 2.33. The zero-order valence-electron chi connectivity index (χ0n) is 13.0. The van der Waals surface area contributed by atoms with E-state index in [1.165, 1.54) is 22.8 Å². The Bertz CT molecular complexity index is 859. The van der Waals surface area contributed by atoms with Crippen molar-refractivity contribution in [3.05, 3.63) is 93.1 Å². The molecule has 120 valence electrons. The summed E-state index contributed by atoms with van der Waals surface area (Å²) in [5, 5.41) is 13.3. The first kappa shape index (κ1) is 14.9. The van der Waals surface area contributed by atoms with Crippen LogP contribution in [0.15, 0.2) is 66.3 Å². The van der Waals surface area contributed by atoms with Gasteiger partial charge in [-0.05, 0) is 29.0 Å². The van der Waals surface area contributed by atoms with Gasteiger partial charge in [-0.25, -0.2) is 0 Å². The molecule has 0 spiro atoms. The third-order valence-corrected chi connectivity index (χ3v) is 5.39. The van der Waals surface area contributed by atoms with Crippen LogP contribution in [-0.4, -0.2) is 17.4 Å². The summed E-state index contributed by atoms with van der Waals surface area (Å²) in [5.41, 5.74) is 2.86. The first-order valence-corrected chi connectivity index (χ1v) is 8.73. The van der Waals surface area contributed by atoms with Crippen LogP contribution in [0.4, 0.5) is 0 Å². The normalized spacial score (nSPS) is 16.7. The van der Waals surface area contributed by atoms with Crippen LogP contribution in [0, 0.1) is 5.21 Å². The summed E-state index contributed by atoms with van der Waals surface area (Å²) in [6.45, 7) is 0.679. The van der Waals surface area contributed by atoms with Gasteiger partial charge in [0.05, 0.1) is 11.6 Å². The number of rotatable bonds is 2. The van der Waals surface area contributed by atoms with Crippen LogP contribution >= 0.6 is 11.3 Å². The van der Waals surface area contributed by atoms with Crippen molar-refractivity contribution in [1.82, 2.24) is 4.90 Å². The van der Waals surface area contributed by atoms with Crippen molar-refractivity contribution in [3.63, 3.8) is 0 Å². The Morgan fingerprint density at radius 1 is 1.12 bits per heavy atom. The molecule has 1 aliphatic heterocycles. The Balaban J connectivity index is 1.76. The maximum absolute atomic E-state index is 13.0. The highest BCUT2D eigenvalue weighted by molar-refractivity contribution is 7.10. The lowest BCUT2D eigenvalue weighted by molar-refractivity contribution is -0.605. The molecule has 0 bridgehead atoms. The zero-order valence-corrected chi connectivity index (χ0v) is 13.8. The number of thiophene rings is 1. The summed E-state index contributed by atoms with van der Waals surface area (Å²) in [6.07, 6.45) is 3.60. The second kappa shape index (κ2) is 6.09. The van der Waals surface area contributed by atoms with Gasteiger partial charge in [-0.15, -0.1) is 11.3 Å². The molecule has 3 aromatic rings. The van der Waals surface area contributed by atoms with E-state index in [0.29, 0.717) is 16.8 Å². The van der Waals surface area contributed by atoms with Crippen molar-refractivity contribution < 1.29 is 9.52 Å². The minimum Gasteiger partial charge on any atom is -0.619 e. The maximum Gasteiger partial charge on any atom is 0.255 e. The van der Waals surface area contributed by atoms with E-state index in [1.54, 1.807) is 23.5 Å². The molecule has 0 aliphatic carbocycles. The second-order valence-electron chi connectivity index (χ2n) is 5.81. The number of benzene rings is 1. The van der Waals surface area contributed by atoms with Crippen molar-refractivity contribution in [2.24, 2.45) is 0 Å².